The SMILES string of the molecule is CN1C[C@H](NC(=O)c2ccccc2Cl)CC1=O. The Hall–Kier alpha value is -1.55. The van der Waals surface area contributed by atoms with Crippen LogP contribution >= 0.6 is 11.6 Å². The van der Waals surface area contributed by atoms with Crippen molar-refractivity contribution in [2.75, 3.05) is 13.6 Å². The topological polar surface area (TPSA) is 49.4 Å². The maximum absolute atomic E-state index is 11.9. The number of amides is 2. The first kappa shape index (κ1) is 11.9. The van der Waals surface area contributed by atoms with E-state index in [-0.39, 0.29) is 17.9 Å². The average Bonchev–Trinajstić information content (AvgIpc) is 2.58. The lowest BCUT2D eigenvalue weighted by Gasteiger charge is -2.12. The second kappa shape index (κ2) is 4.75. The second-order valence-corrected chi connectivity index (χ2v) is 4.54. The Morgan fingerprint density at radius 3 is 2.76 bits per heavy atom. The zero-order valence-electron chi connectivity index (χ0n) is 9.44. The van der Waals surface area contributed by atoms with Crippen molar-refractivity contribution >= 4 is 23.4 Å². The van der Waals surface area contributed by atoms with Gasteiger partial charge in [-0.1, -0.05) is 23.7 Å². The van der Waals surface area contributed by atoms with Crippen LogP contribution in [0.3, 0.4) is 0 Å². The van der Waals surface area contributed by atoms with E-state index in [0.29, 0.717) is 23.6 Å². The molecule has 0 bridgehead atoms. The Bertz CT molecular complexity index is 462. The van der Waals surface area contributed by atoms with Crippen molar-refractivity contribution < 1.29 is 9.59 Å². The van der Waals surface area contributed by atoms with Gasteiger partial charge >= 0.3 is 0 Å². The van der Waals surface area contributed by atoms with E-state index in [1.54, 1.807) is 36.2 Å². The summed E-state index contributed by atoms with van der Waals surface area (Å²) in [7, 11) is 1.73. The first-order chi connectivity index (χ1) is 8.08. The monoisotopic (exact) mass is 252 g/mol. The lowest BCUT2D eigenvalue weighted by molar-refractivity contribution is -0.126. The van der Waals surface area contributed by atoms with Crippen LogP contribution in [0.1, 0.15) is 16.8 Å². The number of likely N-dealkylation sites (tertiary alicyclic amines) is 1. The summed E-state index contributed by atoms with van der Waals surface area (Å²) in [6.45, 7) is 0.551. The molecular weight excluding hydrogens is 240 g/mol. The third kappa shape index (κ3) is 2.58. The molecule has 17 heavy (non-hydrogen) atoms. The van der Waals surface area contributed by atoms with Gasteiger partial charge in [0.25, 0.3) is 5.91 Å². The molecule has 2 rings (SSSR count). The highest BCUT2D eigenvalue weighted by Crippen LogP contribution is 2.16. The van der Waals surface area contributed by atoms with E-state index in [1.807, 2.05) is 0 Å². The summed E-state index contributed by atoms with van der Waals surface area (Å²) in [4.78, 5) is 24.8. The van der Waals surface area contributed by atoms with Gasteiger partial charge in [-0.3, -0.25) is 9.59 Å². The Balaban J connectivity index is 2.03. The predicted molar refractivity (Wildman–Crippen MR) is 65.0 cm³/mol. The smallest absolute Gasteiger partial charge is 0.253 e. The van der Waals surface area contributed by atoms with Crippen LogP contribution in [0.15, 0.2) is 24.3 Å². The van der Waals surface area contributed by atoms with Gasteiger partial charge in [-0.05, 0) is 12.1 Å². The van der Waals surface area contributed by atoms with Crippen LogP contribution < -0.4 is 5.32 Å². The van der Waals surface area contributed by atoms with Crippen LogP contribution in [0.25, 0.3) is 0 Å². The number of carbonyl (C=O) groups is 2. The molecule has 4 nitrogen and oxygen atoms in total. The number of nitrogens with one attached hydrogen (secondary N) is 1. The maximum Gasteiger partial charge on any atom is 0.253 e. The molecule has 1 saturated heterocycles. The van der Waals surface area contributed by atoms with Gasteiger partial charge in [-0.2, -0.15) is 0 Å². The minimum atomic E-state index is -0.233. The van der Waals surface area contributed by atoms with Crippen molar-refractivity contribution in [3.05, 3.63) is 34.9 Å². The van der Waals surface area contributed by atoms with Gasteiger partial charge in [0.1, 0.15) is 0 Å². The summed E-state index contributed by atoms with van der Waals surface area (Å²) in [5, 5.41) is 3.23. The molecule has 1 N–H and O–H groups in total. The second-order valence-electron chi connectivity index (χ2n) is 4.13. The Kier molecular flexibility index (Phi) is 3.33. The molecule has 1 aromatic rings. The van der Waals surface area contributed by atoms with E-state index in [2.05, 4.69) is 5.32 Å². The molecule has 1 atom stereocenters. The number of nitrogens with zero attached hydrogens (tertiary/aromatic N) is 1. The van der Waals surface area contributed by atoms with Gasteiger partial charge in [-0.25, -0.2) is 0 Å². The van der Waals surface area contributed by atoms with Crippen LogP contribution in [-0.2, 0) is 4.79 Å². The number of hydrogen-bond donors (Lipinski definition) is 1. The zero-order valence-corrected chi connectivity index (χ0v) is 10.2. The van der Waals surface area contributed by atoms with E-state index in [0.717, 1.165) is 0 Å². The summed E-state index contributed by atoms with van der Waals surface area (Å²) in [5.41, 5.74) is 0.441. The number of halogens is 1. The van der Waals surface area contributed by atoms with Crippen LogP contribution in [-0.4, -0.2) is 36.3 Å². The van der Waals surface area contributed by atoms with Crippen molar-refractivity contribution in [1.29, 1.82) is 0 Å². The van der Waals surface area contributed by atoms with E-state index < -0.39 is 0 Å². The average molecular weight is 253 g/mol. The van der Waals surface area contributed by atoms with Gasteiger partial charge in [0.2, 0.25) is 5.91 Å². The minimum Gasteiger partial charge on any atom is -0.347 e. The lowest BCUT2D eigenvalue weighted by atomic mass is 10.2. The molecule has 0 aromatic heterocycles. The molecule has 0 unspecified atom stereocenters. The molecule has 1 aliphatic heterocycles. The van der Waals surface area contributed by atoms with Crippen molar-refractivity contribution in [3.8, 4) is 0 Å². The first-order valence-electron chi connectivity index (χ1n) is 5.37. The molecule has 0 spiro atoms. The van der Waals surface area contributed by atoms with Crippen molar-refractivity contribution in [2.24, 2.45) is 0 Å². The standard InChI is InChI=1S/C12H13ClN2O2/c1-15-7-8(6-11(15)16)14-12(17)9-4-2-3-5-10(9)13/h2-5,8H,6-7H2,1H3,(H,14,17)/t8-/m1/s1. The summed E-state index contributed by atoms with van der Waals surface area (Å²) in [5.74, 6) is -0.182. The number of carbonyl (C=O) groups excluding carboxylic acids is 2. The van der Waals surface area contributed by atoms with Gasteiger partial charge in [-0.15, -0.1) is 0 Å². The fraction of sp³-hybridized carbons (Fsp3) is 0.333. The van der Waals surface area contributed by atoms with Gasteiger partial charge in [0.05, 0.1) is 16.6 Å². The molecule has 2 amide bonds. The Labute approximate surface area is 105 Å². The van der Waals surface area contributed by atoms with Crippen LogP contribution in [0.2, 0.25) is 5.02 Å². The number of benzene rings is 1. The van der Waals surface area contributed by atoms with Gasteiger partial charge in [0.15, 0.2) is 0 Å². The Morgan fingerprint density at radius 2 is 2.18 bits per heavy atom. The first-order valence-corrected chi connectivity index (χ1v) is 5.75. The largest absolute Gasteiger partial charge is 0.347 e. The molecule has 1 heterocycles. The fourth-order valence-electron chi connectivity index (χ4n) is 1.87. The lowest BCUT2D eigenvalue weighted by Crippen LogP contribution is -2.36. The third-order valence-electron chi connectivity index (χ3n) is 2.79. The van der Waals surface area contributed by atoms with E-state index in [4.69, 9.17) is 11.6 Å². The summed E-state index contributed by atoms with van der Waals surface area (Å²) >= 11 is 5.92. The normalized spacial score (nSPS) is 19.5. The highest BCUT2D eigenvalue weighted by atomic mass is 35.5. The Morgan fingerprint density at radius 1 is 1.47 bits per heavy atom. The molecule has 0 saturated carbocycles. The maximum atomic E-state index is 11.9. The molecule has 1 fully saturated rings. The highest BCUT2D eigenvalue weighted by molar-refractivity contribution is 6.33. The number of likely N-dealkylation sites (N-methyl/N-ethyl adjacent to an activating group) is 1. The molecule has 0 radical (unpaired) electrons. The summed E-state index contributed by atoms with van der Waals surface area (Å²) < 4.78 is 0. The predicted octanol–water partition coefficient (Wildman–Crippen LogP) is 1.30. The molecule has 5 heteroatoms. The molecule has 90 valence electrons. The van der Waals surface area contributed by atoms with Gasteiger partial charge in [0, 0.05) is 20.0 Å². The van der Waals surface area contributed by atoms with Crippen molar-refractivity contribution in [2.45, 2.75) is 12.5 Å². The van der Waals surface area contributed by atoms with E-state index >= 15 is 0 Å². The van der Waals surface area contributed by atoms with Crippen molar-refractivity contribution in [1.82, 2.24) is 10.2 Å². The van der Waals surface area contributed by atoms with E-state index in [1.165, 1.54) is 0 Å². The minimum absolute atomic E-state index is 0.0504. The van der Waals surface area contributed by atoms with E-state index in [9.17, 15) is 9.59 Å². The molecule has 1 aliphatic rings. The van der Waals surface area contributed by atoms with Crippen LogP contribution in [0.4, 0.5) is 0 Å². The summed E-state index contributed by atoms with van der Waals surface area (Å²) in [6, 6.07) is 6.73. The van der Waals surface area contributed by atoms with Crippen LogP contribution in [0.5, 0.6) is 0 Å². The number of hydrogen-bond acceptors (Lipinski definition) is 2. The highest BCUT2D eigenvalue weighted by Gasteiger charge is 2.28. The molecule has 1 aromatic carbocycles. The van der Waals surface area contributed by atoms with Crippen LogP contribution in [0, 0.1) is 0 Å². The quantitative estimate of drug-likeness (QED) is 0.863. The molecular formula is C12H13ClN2O2. The molecule has 0 aliphatic carbocycles. The number of rotatable bonds is 2. The fourth-order valence-corrected chi connectivity index (χ4v) is 2.09. The zero-order chi connectivity index (χ0) is 12.4. The summed E-state index contributed by atoms with van der Waals surface area (Å²) in [6.07, 6.45) is 0.354. The third-order valence-corrected chi connectivity index (χ3v) is 3.12. The van der Waals surface area contributed by atoms with Crippen molar-refractivity contribution in [3.63, 3.8) is 0 Å². The van der Waals surface area contributed by atoms with Gasteiger partial charge < -0.3 is 10.2 Å².